The molecule has 4 heteroatoms. The predicted octanol–water partition coefficient (Wildman–Crippen LogP) is 1.41. The first-order chi connectivity index (χ1) is 7.11. The molecule has 2 unspecified atom stereocenters. The van der Waals surface area contributed by atoms with E-state index in [1.807, 2.05) is 25.6 Å². The Hall–Kier alpha value is -0.220. The highest BCUT2D eigenvalue weighted by Crippen LogP contribution is 2.25. The van der Waals surface area contributed by atoms with Gasteiger partial charge in [-0.05, 0) is 31.9 Å². The van der Waals surface area contributed by atoms with Crippen molar-refractivity contribution in [2.45, 2.75) is 38.6 Å². The zero-order valence-corrected chi connectivity index (χ0v) is 10.4. The molecule has 1 amide bonds. The van der Waals surface area contributed by atoms with Crippen LogP contribution >= 0.6 is 11.8 Å². The van der Waals surface area contributed by atoms with Crippen LogP contribution in [-0.2, 0) is 4.79 Å². The monoisotopic (exact) mass is 231 g/mol. The topological polar surface area (TPSA) is 49.3 Å². The van der Waals surface area contributed by atoms with Gasteiger partial charge >= 0.3 is 0 Å². The van der Waals surface area contributed by atoms with Crippen molar-refractivity contribution in [1.29, 1.82) is 0 Å². The molecule has 0 bridgehead atoms. The molecule has 0 spiro atoms. The predicted molar refractivity (Wildman–Crippen MR) is 64.0 cm³/mol. The van der Waals surface area contributed by atoms with Crippen molar-refractivity contribution in [2.24, 2.45) is 5.92 Å². The average molecular weight is 231 g/mol. The quantitative estimate of drug-likeness (QED) is 0.752. The van der Waals surface area contributed by atoms with Crippen LogP contribution in [0.2, 0.25) is 0 Å². The Morgan fingerprint density at radius 2 is 2.40 bits per heavy atom. The maximum Gasteiger partial charge on any atom is 0.224 e. The van der Waals surface area contributed by atoms with Crippen LogP contribution in [-0.4, -0.2) is 34.7 Å². The number of aliphatic hydroxyl groups is 1. The highest BCUT2D eigenvalue weighted by Gasteiger charge is 2.29. The summed E-state index contributed by atoms with van der Waals surface area (Å²) in [5.74, 6) is 2.39. The Morgan fingerprint density at radius 1 is 1.67 bits per heavy atom. The van der Waals surface area contributed by atoms with Gasteiger partial charge in [-0.15, -0.1) is 0 Å². The van der Waals surface area contributed by atoms with Gasteiger partial charge in [0.1, 0.15) is 0 Å². The molecule has 15 heavy (non-hydrogen) atoms. The number of hydrogen-bond donors (Lipinski definition) is 2. The third-order valence-electron chi connectivity index (χ3n) is 3.17. The Balaban J connectivity index is 2.46. The van der Waals surface area contributed by atoms with E-state index in [-0.39, 0.29) is 24.0 Å². The molecule has 1 aliphatic heterocycles. The van der Waals surface area contributed by atoms with Crippen LogP contribution in [0.15, 0.2) is 0 Å². The van der Waals surface area contributed by atoms with Gasteiger partial charge in [-0.25, -0.2) is 0 Å². The molecule has 88 valence electrons. The number of carbonyl (C=O) groups is 1. The summed E-state index contributed by atoms with van der Waals surface area (Å²) in [6.45, 7) is 4.17. The SMILES string of the molecule is CCC(C)(CCO)NC(=O)C1CCSC1. The molecule has 1 heterocycles. The van der Waals surface area contributed by atoms with E-state index in [0.717, 1.165) is 24.3 Å². The molecule has 0 radical (unpaired) electrons. The number of rotatable bonds is 5. The van der Waals surface area contributed by atoms with Crippen LogP contribution in [0.1, 0.15) is 33.1 Å². The third-order valence-corrected chi connectivity index (χ3v) is 4.33. The van der Waals surface area contributed by atoms with Gasteiger partial charge in [0.25, 0.3) is 0 Å². The van der Waals surface area contributed by atoms with Gasteiger partial charge in [-0.3, -0.25) is 4.79 Å². The van der Waals surface area contributed by atoms with Crippen LogP contribution in [0.3, 0.4) is 0 Å². The zero-order chi connectivity index (χ0) is 11.3. The first-order valence-electron chi connectivity index (χ1n) is 5.62. The number of thioether (sulfide) groups is 1. The molecular weight excluding hydrogens is 210 g/mol. The minimum absolute atomic E-state index is 0.129. The molecule has 2 N–H and O–H groups in total. The summed E-state index contributed by atoms with van der Waals surface area (Å²) in [6, 6.07) is 0. The number of aliphatic hydroxyl groups excluding tert-OH is 1. The van der Waals surface area contributed by atoms with Gasteiger partial charge in [-0.2, -0.15) is 11.8 Å². The molecule has 1 rings (SSSR count). The van der Waals surface area contributed by atoms with Gasteiger partial charge in [0.2, 0.25) is 5.91 Å². The molecule has 0 aromatic heterocycles. The largest absolute Gasteiger partial charge is 0.396 e. The Kier molecular flexibility index (Phi) is 4.93. The minimum Gasteiger partial charge on any atom is -0.396 e. The maximum absolute atomic E-state index is 11.9. The summed E-state index contributed by atoms with van der Waals surface area (Å²) in [4.78, 5) is 11.9. The van der Waals surface area contributed by atoms with Crippen molar-refractivity contribution in [1.82, 2.24) is 5.32 Å². The summed E-state index contributed by atoms with van der Waals surface area (Å²) in [5, 5.41) is 12.0. The van der Waals surface area contributed by atoms with Crippen molar-refractivity contribution in [3.63, 3.8) is 0 Å². The minimum atomic E-state index is -0.237. The lowest BCUT2D eigenvalue weighted by Gasteiger charge is -2.30. The van der Waals surface area contributed by atoms with E-state index in [0.29, 0.717) is 6.42 Å². The fraction of sp³-hybridized carbons (Fsp3) is 0.909. The highest BCUT2D eigenvalue weighted by molar-refractivity contribution is 7.99. The van der Waals surface area contributed by atoms with E-state index in [1.165, 1.54) is 0 Å². The van der Waals surface area contributed by atoms with Gasteiger partial charge in [0, 0.05) is 23.8 Å². The molecule has 0 saturated carbocycles. The molecule has 0 aromatic rings. The second kappa shape index (κ2) is 5.75. The molecule has 0 aliphatic carbocycles. The standard InChI is InChI=1S/C11H21NO2S/c1-3-11(2,5-6-13)12-10(14)9-4-7-15-8-9/h9,13H,3-8H2,1-2H3,(H,12,14). The molecule has 2 atom stereocenters. The van der Waals surface area contributed by atoms with E-state index in [1.54, 1.807) is 0 Å². The lowest BCUT2D eigenvalue weighted by atomic mass is 9.93. The Morgan fingerprint density at radius 3 is 2.87 bits per heavy atom. The van der Waals surface area contributed by atoms with E-state index < -0.39 is 0 Å². The summed E-state index contributed by atoms with van der Waals surface area (Å²) < 4.78 is 0. The number of hydrogen-bond acceptors (Lipinski definition) is 3. The second-order valence-electron chi connectivity index (χ2n) is 4.44. The van der Waals surface area contributed by atoms with Crippen molar-refractivity contribution in [2.75, 3.05) is 18.1 Å². The van der Waals surface area contributed by atoms with Gasteiger partial charge in [0.05, 0.1) is 0 Å². The molecule has 1 fully saturated rings. The smallest absolute Gasteiger partial charge is 0.224 e. The van der Waals surface area contributed by atoms with Crippen LogP contribution in [0.4, 0.5) is 0 Å². The van der Waals surface area contributed by atoms with E-state index in [9.17, 15) is 4.79 Å². The van der Waals surface area contributed by atoms with E-state index in [2.05, 4.69) is 5.32 Å². The van der Waals surface area contributed by atoms with Crippen LogP contribution < -0.4 is 5.32 Å². The second-order valence-corrected chi connectivity index (χ2v) is 5.59. The van der Waals surface area contributed by atoms with Crippen LogP contribution in [0.5, 0.6) is 0 Å². The molecule has 1 aliphatic rings. The average Bonchev–Trinajstić information content (AvgIpc) is 2.71. The zero-order valence-electron chi connectivity index (χ0n) is 9.58. The fourth-order valence-electron chi connectivity index (χ4n) is 1.72. The highest BCUT2D eigenvalue weighted by atomic mass is 32.2. The number of nitrogens with one attached hydrogen (secondary N) is 1. The van der Waals surface area contributed by atoms with Crippen molar-refractivity contribution >= 4 is 17.7 Å². The molecule has 1 saturated heterocycles. The van der Waals surface area contributed by atoms with E-state index in [4.69, 9.17) is 5.11 Å². The van der Waals surface area contributed by atoms with Crippen molar-refractivity contribution < 1.29 is 9.90 Å². The molecular formula is C11H21NO2S. The Bertz CT molecular complexity index is 217. The molecule has 0 aromatic carbocycles. The maximum atomic E-state index is 11.9. The third kappa shape index (κ3) is 3.68. The summed E-state index contributed by atoms with van der Waals surface area (Å²) >= 11 is 1.85. The van der Waals surface area contributed by atoms with Crippen LogP contribution in [0.25, 0.3) is 0 Å². The number of amides is 1. The van der Waals surface area contributed by atoms with Gasteiger partial charge in [-0.1, -0.05) is 6.92 Å². The summed E-state index contributed by atoms with van der Waals surface area (Å²) in [5.41, 5.74) is -0.237. The first-order valence-corrected chi connectivity index (χ1v) is 6.77. The van der Waals surface area contributed by atoms with Crippen molar-refractivity contribution in [3.8, 4) is 0 Å². The number of carbonyl (C=O) groups excluding carboxylic acids is 1. The first kappa shape index (κ1) is 12.8. The van der Waals surface area contributed by atoms with E-state index >= 15 is 0 Å². The van der Waals surface area contributed by atoms with Gasteiger partial charge in [0.15, 0.2) is 0 Å². The van der Waals surface area contributed by atoms with Crippen LogP contribution in [0, 0.1) is 5.92 Å². The summed E-state index contributed by atoms with van der Waals surface area (Å²) in [7, 11) is 0. The fourth-order valence-corrected chi connectivity index (χ4v) is 2.94. The normalized spacial score (nSPS) is 24.9. The molecule has 3 nitrogen and oxygen atoms in total. The Labute approximate surface area is 96.0 Å². The lowest BCUT2D eigenvalue weighted by molar-refractivity contribution is -0.126. The van der Waals surface area contributed by atoms with Gasteiger partial charge < -0.3 is 10.4 Å². The van der Waals surface area contributed by atoms with Crippen molar-refractivity contribution in [3.05, 3.63) is 0 Å². The summed E-state index contributed by atoms with van der Waals surface area (Å²) in [6.07, 6.45) is 2.49. The lowest BCUT2D eigenvalue weighted by Crippen LogP contribution is -2.48.